The van der Waals surface area contributed by atoms with E-state index >= 15 is 0 Å². The second kappa shape index (κ2) is 5.94. The summed E-state index contributed by atoms with van der Waals surface area (Å²) >= 11 is 0. The van der Waals surface area contributed by atoms with E-state index in [9.17, 15) is 4.79 Å². The molecule has 2 aliphatic rings. The van der Waals surface area contributed by atoms with Gasteiger partial charge in [-0.25, -0.2) is 0 Å². The van der Waals surface area contributed by atoms with E-state index in [1.807, 2.05) is 36.1 Å². The van der Waals surface area contributed by atoms with Gasteiger partial charge in [-0.3, -0.25) is 9.69 Å². The van der Waals surface area contributed by atoms with Crippen LogP contribution in [0.25, 0.3) is 0 Å². The fourth-order valence-electron chi connectivity index (χ4n) is 3.22. The number of carbonyl (C=O) groups excluding carboxylic acids is 1. The lowest BCUT2D eigenvalue weighted by Crippen LogP contribution is -2.52. The van der Waals surface area contributed by atoms with Crippen molar-refractivity contribution >= 4 is 5.91 Å². The molecule has 1 aromatic carbocycles. The zero-order valence-corrected chi connectivity index (χ0v) is 12.1. The highest BCUT2D eigenvalue weighted by Crippen LogP contribution is 2.15. The predicted molar refractivity (Wildman–Crippen MR) is 79.9 cm³/mol. The van der Waals surface area contributed by atoms with Gasteiger partial charge in [-0.1, -0.05) is 18.2 Å². The number of carbonyl (C=O) groups is 1. The molecule has 3 rings (SSSR count). The van der Waals surface area contributed by atoms with Crippen LogP contribution in [0.1, 0.15) is 22.3 Å². The Kier molecular flexibility index (Phi) is 4.03. The predicted octanol–water partition coefficient (Wildman–Crippen LogP) is 1.11. The minimum Gasteiger partial charge on any atom is -0.336 e. The molecule has 2 fully saturated rings. The number of nitrogens with one attached hydrogen (secondary N) is 1. The van der Waals surface area contributed by atoms with Gasteiger partial charge < -0.3 is 10.2 Å². The molecule has 0 bridgehead atoms. The first-order valence-electron chi connectivity index (χ1n) is 7.55. The van der Waals surface area contributed by atoms with E-state index < -0.39 is 0 Å². The van der Waals surface area contributed by atoms with E-state index in [4.69, 9.17) is 0 Å². The third-order valence-electron chi connectivity index (χ3n) is 4.53. The maximum Gasteiger partial charge on any atom is 0.254 e. The first-order chi connectivity index (χ1) is 9.75. The molecule has 1 amide bonds. The monoisotopic (exact) mass is 273 g/mol. The van der Waals surface area contributed by atoms with Crippen LogP contribution in [-0.4, -0.2) is 61.0 Å². The Hall–Kier alpha value is -1.39. The summed E-state index contributed by atoms with van der Waals surface area (Å²) in [5, 5.41) is 3.41. The molecule has 0 aliphatic carbocycles. The van der Waals surface area contributed by atoms with E-state index in [-0.39, 0.29) is 5.91 Å². The van der Waals surface area contributed by atoms with Gasteiger partial charge in [-0.05, 0) is 31.5 Å². The summed E-state index contributed by atoms with van der Waals surface area (Å²) in [6, 6.07) is 8.54. The van der Waals surface area contributed by atoms with Gasteiger partial charge in [-0.15, -0.1) is 0 Å². The minimum absolute atomic E-state index is 0.187. The van der Waals surface area contributed by atoms with Gasteiger partial charge in [0, 0.05) is 44.3 Å². The van der Waals surface area contributed by atoms with Crippen LogP contribution in [0.3, 0.4) is 0 Å². The summed E-state index contributed by atoms with van der Waals surface area (Å²) in [4.78, 5) is 17.1. The molecule has 1 N–H and O–H groups in total. The van der Waals surface area contributed by atoms with Gasteiger partial charge >= 0.3 is 0 Å². The van der Waals surface area contributed by atoms with E-state index in [1.165, 1.54) is 6.42 Å². The highest BCUT2D eigenvalue weighted by Gasteiger charge is 2.28. The third-order valence-corrected chi connectivity index (χ3v) is 4.53. The molecule has 0 aromatic heterocycles. The van der Waals surface area contributed by atoms with Crippen LogP contribution in [0.4, 0.5) is 0 Å². The van der Waals surface area contributed by atoms with Crippen LogP contribution in [-0.2, 0) is 0 Å². The summed E-state index contributed by atoms with van der Waals surface area (Å²) in [5.74, 6) is 0.187. The molecule has 0 saturated carbocycles. The van der Waals surface area contributed by atoms with Crippen LogP contribution in [0.15, 0.2) is 24.3 Å². The van der Waals surface area contributed by atoms with Crippen molar-refractivity contribution in [2.45, 2.75) is 19.4 Å². The number of piperazine rings is 1. The highest BCUT2D eigenvalue weighted by molar-refractivity contribution is 5.95. The number of rotatable bonds is 2. The van der Waals surface area contributed by atoms with Gasteiger partial charge in [0.1, 0.15) is 0 Å². The van der Waals surface area contributed by atoms with Crippen molar-refractivity contribution in [2.24, 2.45) is 0 Å². The first-order valence-corrected chi connectivity index (χ1v) is 7.55. The lowest BCUT2D eigenvalue weighted by molar-refractivity contribution is 0.0583. The summed E-state index contributed by atoms with van der Waals surface area (Å²) in [5.41, 5.74) is 1.92. The van der Waals surface area contributed by atoms with Gasteiger partial charge in [0.05, 0.1) is 0 Å². The van der Waals surface area contributed by atoms with E-state index in [0.717, 1.165) is 50.4 Å². The lowest BCUT2D eigenvalue weighted by atomic mass is 10.1. The third kappa shape index (κ3) is 2.72. The smallest absolute Gasteiger partial charge is 0.254 e. The number of hydrogen-bond donors (Lipinski definition) is 1. The van der Waals surface area contributed by atoms with Crippen LogP contribution in [0.2, 0.25) is 0 Å². The number of hydrogen-bond acceptors (Lipinski definition) is 3. The van der Waals surface area contributed by atoms with Crippen molar-refractivity contribution in [1.29, 1.82) is 0 Å². The Morgan fingerprint density at radius 2 is 1.95 bits per heavy atom. The van der Waals surface area contributed by atoms with Crippen molar-refractivity contribution in [3.63, 3.8) is 0 Å². The van der Waals surface area contributed by atoms with Crippen LogP contribution in [0.5, 0.6) is 0 Å². The molecule has 2 aliphatic heterocycles. The van der Waals surface area contributed by atoms with Crippen molar-refractivity contribution in [1.82, 2.24) is 15.1 Å². The molecule has 0 radical (unpaired) electrons. The topological polar surface area (TPSA) is 35.6 Å². The fraction of sp³-hybridized carbons (Fsp3) is 0.562. The maximum atomic E-state index is 12.5. The molecular weight excluding hydrogens is 250 g/mol. The molecule has 4 heteroatoms. The summed E-state index contributed by atoms with van der Waals surface area (Å²) < 4.78 is 0. The first kappa shape index (κ1) is 13.6. The molecular formula is C16H23N3O. The normalized spacial score (nSPS) is 24.1. The Labute approximate surface area is 120 Å². The van der Waals surface area contributed by atoms with Crippen LogP contribution in [0, 0.1) is 6.92 Å². The molecule has 2 heterocycles. The SMILES string of the molecule is Cc1ccccc1C(=O)N1CCN(C2CCNC2)CC1. The fourth-order valence-corrected chi connectivity index (χ4v) is 3.22. The van der Waals surface area contributed by atoms with E-state index in [2.05, 4.69) is 10.2 Å². The highest BCUT2D eigenvalue weighted by atomic mass is 16.2. The lowest BCUT2D eigenvalue weighted by Gasteiger charge is -2.38. The standard InChI is InChI=1S/C16H23N3O/c1-13-4-2-3-5-15(13)16(20)19-10-8-18(9-11-19)14-6-7-17-12-14/h2-5,14,17H,6-12H2,1H3. The largest absolute Gasteiger partial charge is 0.336 e. The minimum atomic E-state index is 0.187. The van der Waals surface area contributed by atoms with Crippen LogP contribution >= 0.6 is 0 Å². The molecule has 1 atom stereocenters. The second-order valence-corrected chi connectivity index (χ2v) is 5.79. The van der Waals surface area contributed by atoms with E-state index in [1.54, 1.807) is 0 Å². The molecule has 0 spiro atoms. The number of benzene rings is 1. The zero-order valence-electron chi connectivity index (χ0n) is 12.1. The zero-order chi connectivity index (χ0) is 13.9. The van der Waals surface area contributed by atoms with Gasteiger partial charge in [0.25, 0.3) is 5.91 Å². The summed E-state index contributed by atoms with van der Waals surface area (Å²) in [6.07, 6.45) is 1.24. The second-order valence-electron chi connectivity index (χ2n) is 5.79. The summed E-state index contributed by atoms with van der Waals surface area (Å²) in [6.45, 7) is 7.95. The summed E-state index contributed by atoms with van der Waals surface area (Å²) in [7, 11) is 0. The Bertz CT molecular complexity index is 474. The molecule has 1 aromatic rings. The average molecular weight is 273 g/mol. The molecule has 108 valence electrons. The van der Waals surface area contributed by atoms with Crippen molar-refractivity contribution < 1.29 is 4.79 Å². The van der Waals surface area contributed by atoms with Crippen molar-refractivity contribution in [2.75, 3.05) is 39.3 Å². The molecule has 20 heavy (non-hydrogen) atoms. The Balaban J connectivity index is 1.60. The Morgan fingerprint density at radius 3 is 2.60 bits per heavy atom. The number of aryl methyl sites for hydroxylation is 1. The van der Waals surface area contributed by atoms with Gasteiger partial charge in [-0.2, -0.15) is 0 Å². The van der Waals surface area contributed by atoms with Crippen molar-refractivity contribution in [3.8, 4) is 0 Å². The van der Waals surface area contributed by atoms with Gasteiger partial charge in [0.15, 0.2) is 0 Å². The van der Waals surface area contributed by atoms with E-state index in [0.29, 0.717) is 6.04 Å². The maximum absolute atomic E-state index is 12.5. The molecule has 4 nitrogen and oxygen atoms in total. The molecule has 2 saturated heterocycles. The molecule has 1 unspecified atom stereocenters. The average Bonchev–Trinajstić information content (AvgIpc) is 3.01. The van der Waals surface area contributed by atoms with Crippen LogP contribution < -0.4 is 5.32 Å². The van der Waals surface area contributed by atoms with Crippen molar-refractivity contribution in [3.05, 3.63) is 35.4 Å². The Morgan fingerprint density at radius 1 is 1.20 bits per heavy atom. The quantitative estimate of drug-likeness (QED) is 0.877. The van der Waals surface area contributed by atoms with Gasteiger partial charge in [0.2, 0.25) is 0 Å². The number of nitrogens with zero attached hydrogens (tertiary/aromatic N) is 2. The number of amides is 1.